The lowest BCUT2D eigenvalue weighted by atomic mass is 10.2. The summed E-state index contributed by atoms with van der Waals surface area (Å²) < 4.78 is 1.72. The van der Waals surface area contributed by atoms with E-state index >= 15 is 0 Å². The zero-order valence-corrected chi connectivity index (χ0v) is 11.0. The lowest BCUT2D eigenvalue weighted by Crippen LogP contribution is -2.20. The smallest absolute Gasteiger partial charge is 0.261 e. The Morgan fingerprint density at radius 2 is 2.00 bits per heavy atom. The number of aromatic amines is 1. The molecule has 3 rings (SSSR count). The van der Waals surface area contributed by atoms with Crippen molar-refractivity contribution in [2.45, 2.75) is 0 Å². The molecule has 6 heteroatoms. The summed E-state index contributed by atoms with van der Waals surface area (Å²) in [5.74, 6) is -0.441. The molecule has 0 spiro atoms. The molecule has 104 valence electrons. The highest BCUT2D eigenvalue weighted by Crippen LogP contribution is 2.13. The van der Waals surface area contributed by atoms with Crippen LogP contribution in [0.3, 0.4) is 0 Å². The minimum Gasteiger partial charge on any atom is -0.367 e. The van der Waals surface area contributed by atoms with Crippen molar-refractivity contribution in [3.05, 3.63) is 77.0 Å². The van der Waals surface area contributed by atoms with Crippen LogP contribution in [0.15, 0.2) is 66.0 Å². The SMILES string of the molecule is O=C(Nc1ccc(-n2cccn2)cc1)c1c[nH]ccc1=O. The normalized spacial score (nSPS) is 10.3. The number of H-pyrrole nitrogens is 1. The second-order valence-corrected chi connectivity index (χ2v) is 4.37. The largest absolute Gasteiger partial charge is 0.367 e. The van der Waals surface area contributed by atoms with E-state index in [-0.39, 0.29) is 11.0 Å². The molecule has 21 heavy (non-hydrogen) atoms. The number of benzene rings is 1. The molecule has 0 aliphatic rings. The average molecular weight is 280 g/mol. The minimum atomic E-state index is -0.441. The summed E-state index contributed by atoms with van der Waals surface area (Å²) in [5.41, 5.74) is 1.25. The van der Waals surface area contributed by atoms with Gasteiger partial charge in [0.25, 0.3) is 5.91 Å². The Labute approximate surface area is 120 Å². The first kappa shape index (κ1) is 12.9. The Morgan fingerprint density at radius 3 is 2.67 bits per heavy atom. The van der Waals surface area contributed by atoms with Crippen LogP contribution in [0, 0.1) is 0 Å². The summed E-state index contributed by atoms with van der Waals surface area (Å²) in [7, 11) is 0. The number of hydrogen-bond acceptors (Lipinski definition) is 3. The van der Waals surface area contributed by atoms with Crippen LogP contribution in [-0.2, 0) is 0 Å². The minimum absolute atomic E-state index is 0.0775. The van der Waals surface area contributed by atoms with Gasteiger partial charge in [-0.1, -0.05) is 0 Å². The predicted octanol–water partition coefficient (Wildman–Crippen LogP) is 1.81. The van der Waals surface area contributed by atoms with E-state index in [4.69, 9.17) is 0 Å². The topological polar surface area (TPSA) is 79.8 Å². The van der Waals surface area contributed by atoms with Crippen LogP contribution in [0.4, 0.5) is 5.69 Å². The summed E-state index contributed by atoms with van der Waals surface area (Å²) in [5, 5.41) is 6.80. The molecule has 0 saturated heterocycles. The fourth-order valence-electron chi connectivity index (χ4n) is 1.91. The predicted molar refractivity (Wildman–Crippen MR) is 78.6 cm³/mol. The molecule has 0 radical (unpaired) electrons. The highest BCUT2D eigenvalue weighted by atomic mass is 16.2. The van der Waals surface area contributed by atoms with Crippen molar-refractivity contribution in [1.82, 2.24) is 14.8 Å². The van der Waals surface area contributed by atoms with E-state index in [1.807, 2.05) is 24.4 Å². The van der Waals surface area contributed by atoms with Gasteiger partial charge >= 0.3 is 0 Å². The first-order valence-corrected chi connectivity index (χ1v) is 6.32. The number of pyridine rings is 1. The van der Waals surface area contributed by atoms with Crippen LogP contribution in [0.1, 0.15) is 10.4 Å². The molecule has 0 atom stereocenters. The second-order valence-electron chi connectivity index (χ2n) is 4.37. The van der Waals surface area contributed by atoms with Crippen LogP contribution in [0.2, 0.25) is 0 Å². The quantitative estimate of drug-likeness (QED) is 0.768. The van der Waals surface area contributed by atoms with Gasteiger partial charge in [-0.25, -0.2) is 4.68 Å². The van der Waals surface area contributed by atoms with Crippen LogP contribution in [0.5, 0.6) is 0 Å². The molecule has 0 fully saturated rings. The molecule has 2 aromatic heterocycles. The molecule has 0 aliphatic carbocycles. The van der Waals surface area contributed by atoms with Gasteiger partial charge in [0.15, 0.2) is 5.43 Å². The standard InChI is InChI=1S/C15H12N4O2/c20-14-6-8-16-10-13(14)15(21)18-11-2-4-12(5-3-11)19-9-1-7-17-19/h1-10H,(H,16,20)(H,18,21). The maximum absolute atomic E-state index is 12.0. The first-order chi connectivity index (χ1) is 10.2. The molecule has 2 N–H and O–H groups in total. The molecule has 0 unspecified atom stereocenters. The van der Waals surface area contributed by atoms with Gasteiger partial charge in [-0.15, -0.1) is 0 Å². The fourth-order valence-corrected chi connectivity index (χ4v) is 1.91. The van der Waals surface area contributed by atoms with Crippen molar-refractivity contribution in [2.75, 3.05) is 5.32 Å². The number of amides is 1. The molecule has 6 nitrogen and oxygen atoms in total. The third-order valence-corrected chi connectivity index (χ3v) is 2.96. The van der Waals surface area contributed by atoms with E-state index in [2.05, 4.69) is 15.4 Å². The van der Waals surface area contributed by atoms with E-state index in [9.17, 15) is 9.59 Å². The molecule has 0 aliphatic heterocycles. The molecule has 0 saturated carbocycles. The number of aromatic nitrogens is 3. The third kappa shape index (κ3) is 2.74. The van der Waals surface area contributed by atoms with Crippen LogP contribution in [-0.4, -0.2) is 20.7 Å². The van der Waals surface area contributed by atoms with Gasteiger partial charge < -0.3 is 10.3 Å². The summed E-state index contributed by atoms with van der Waals surface area (Å²) in [6, 6.07) is 10.3. The lowest BCUT2D eigenvalue weighted by molar-refractivity contribution is 0.102. The number of rotatable bonds is 3. The molecular weight excluding hydrogens is 268 g/mol. The molecule has 1 amide bonds. The molecule has 2 heterocycles. The van der Waals surface area contributed by atoms with Crippen molar-refractivity contribution >= 4 is 11.6 Å². The highest BCUT2D eigenvalue weighted by molar-refractivity contribution is 6.03. The second kappa shape index (κ2) is 5.46. The van der Waals surface area contributed by atoms with Crippen LogP contribution in [0.25, 0.3) is 5.69 Å². The van der Waals surface area contributed by atoms with Crippen molar-refractivity contribution in [3.63, 3.8) is 0 Å². The molecule has 3 aromatic rings. The van der Waals surface area contributed by atoms with Gasteiger partial charge in [0.05, 0.1) is 5.69 Å². The zero-order chi connectivity index (χ0) is 14.7. The molecule has 1 aromatic carbocycles. The maximum atomic E-state index is 12.0. The number of carbonyl (C=O) groups is 1. The van der Waals surface area contributed by atoms with E-state index in [1.54, 1.807) is 23.0 Å². The number of anilines is 1. The number of hydrogen-bond donors (Lipinski definition) is 2. The van der Waals surface area contributed by atoms with Gasteiger partial charge in [0, 0.05) is 36.5 Å². The van der Waals surface area contributed by atoms with Crippen LogP contribution >= 0.6 is 0 Å². The van der Waals surface area contributed by atoms with E-state index < -0.39 is 5.91 Å². The number of nitrogens with one attached hydrogen (secondary N) is 2. The zero-order valence-electron chi connectivity index (χ0n) is 11.0. The Morgan fingerprint density at radius 1 is 1.19 bits per heavy atom. The summed E-state index contributed by atoms with van der Waals surface area (Å²) in [4.78, 5) is 26.3. The third-order valence-electron chi connectivity index (χ3n) is 2.96. The van der Waals surface area contributed by atoms with Crippen molar-refractivity contribution in [1.29, 1.82) is 0 Å². The Bertz CT molecular complexity index is 804. The van der Waals surface area contributed by atoms with Gasteiger partial charge in [-0.3, -0.25) is 9.59 Å². The maximum Gasteiger partial charge on any atom is 0.261 e. The summed E-state index contributed by atoms with van der Waals surface area (Å²) in [6.45, 7) is 0. The monoisotopic (exact) mass is 280 g/mol. The van der Waals surface area contributed by atoms with Gasteiger partial charge in [0.1, 0.15) is 5.56 Å². The molecule has 0 bridgehead atoms. The average Bonchev–Trinajstić information content (AvgIpc) is 3.02. The fraction of sp³-hybridized carbons (Fsp3) is 0. The summed E-state index contributed by atoms with van der Waals surface area (Å²) >= 11 is 0. The lowest BCUT2D eigenvalue weighted by Gasteiger charge is -2.06. The van der Waals surface area contributed by atoms with Crippen molar-refractivity contribution in [2.24, 2.45) is 0 Å². The number of nitrogens with zero attached hydrogens (tertiary/aromatic N) is 2. The van der Waals surface area contributed by atoms with Gasteiger partial charge in [0.2, 0.25) is 0 Å². The van der Waals surface area contributed by atoms with Crippen molar-refractivity contribution in [3.8, 4) is 5.69 Å². The van der Waals surface area contributed by atoms with E-state index in [1.165, 1.54) is 18.5 Å². The van der Waals surface area contributed by atoms with Gasteiger partial charge in [-0.2, -0.15) is 5.10 Å². The first-order valence-electron chi connectivity index (χ1n) is 6.32. The van der Waals surface area contributed by atoms with Crippen LogP contribution < -0.4 is 10.7 Å². The Balaban J connectivity index is 1.78. The highest BCUT2D eigenvalue weighted by Gasteiger charge is 2.09. The van der Waals surface area contributed by atoms with Gasteiger partial charge in [-0.05, 0) is 30.3 Å². The van der Waals surface area contributed by atoms with E-state index in [0.717, 1.165) is 5.69 Å². The van der Waals surface area contributed by atoms with Crippen molar-refractivity contribution < 1.29 is 4.79 Å². The Hall–Kier alpha value is -3.15. The Kier molecular flexibility index (Phi) is 3.34. The summed E-state index contributed by atoms with van der Waals surface area (Å²) in [6.07, 6.45) is 6.39. The molecular formula is C15H12N4O2. The van der Waals surface area contributed by atoms with E-state index in [0.29, 0.717) is 5.69 Å². The number of carbonyl (C=O) groups excluding carboxylic acids is 1.